The molecule has 0 aliphatic carbocycles. The van der Waals surface area contributed by atoms with E-state index in [0.717, 1.165) is 42.7 Å². The molecule has 0 aromatic heterocycles. The van der Waals surface area contributed by atoms with E-state index in [0.29, 0.717) is 6.61 Å². The number of nitrogens with zero attached hydrogens (tertiary/aromatic N) is 2. The highest BCUT2D eigenvalue weighted by molar-refractivity contribution is 7.77. The van der Waals surface area contributed by atoms with Crippen molar-refractivity contribution in [2.45, 2.75) is 32.4 Å². The van der Waals surface area contributed by atoms with Crippen molar-refractivity contribution in [2.75, 3.05) is 18.0 Å². The molecule has 1 aromatic rings. The number of cyclic esters (lactones) is 1. The number of benzene rings is 1. The van der Waals surface area contributed by atoms with Crippen molar-refractivity contribution in [3.8, 4) is 0 Å². The molecule has 2 heterocycles. The number of thiol groups is 1. The van der Waals surface area contributed by atoms with Gasteiger partial charge in [0.05, 0.1) is 5.69 Å². The molecule has 0 saturated carbocycles. The molecule has 1 aromatic carbocycles. The Morgan fingerprint density at radius 2 is 2.05 bits per heavy atom. The molecule has 102 valence electrons. The number of aryl methyl sites for hydroxylation is 1. The van der Waals surface area contributed by atoms with E-state index in [9.17, 15) is 4.79 Å². The fourth-order valence-electron chi connectivity index (χ4n) is 2.92. The number of rotatable bonds is 1. The molecule has 2 aliphatic heterocycles. The molecule has 19 heavy (non-hydrogen) atoms. The summed E-state index contributed by atoms with van der Waals surface area (Å²) in [6.45, 7) is 4.24. The lowest BCUT2D eigenvalue weighted by atomic mass is 10.00. The Balaban J connectivity index is 1.95. The molecule has 4 nitrogen and oxygen atoms in total. The zero-order valence-electron chi connectivity index (χ0n) is 11.0. The second-order valence-electron chi connectivity index (χ2n) is 5.19. The van der Waals surface area contributed by atoms with E-state index in [4.69, 9.17) is 4.74 Å². The summed E-state index contributed by atoms with van der Waals surface area (Å²) in [6.07, 6.45) is 1.66. The summed E-state index contributed by atoms with van der Waals surface area (Å²) in [7, 11) is 0. The highest BCUT2D eigenvalue weighted by atomic mass is 32.1. The van der Waals surface area contributed by atoms with E-state index in [1.165, 1.54) is 0 Å². The lowest BCUT2D eigenvalue weighted by molar-refractivity contribution is 0.136. The first-order valence-electron chi connectivity index (χ1n) is 6.65. The smallest absolute Gasteiger partial charge is 0.414 e. The van der Waals surface area contributed by atoms with Crippen LogP contribution in [0, 0.1) is 6.92 Å². The van der Waals surface area contributed by atoms with Crippen LogP contribution in [0.1, 0.15) is 24.0 Å². The molecule has 0 spiro atoms. The molecule has 1 saturated heterocycles. The van der Waals surface area contributed by atoms with Crippen molar-refractivity contribution in [1.29, 1.82) is 0 Å². The fourth-order valence-corrected chi connectivity index (χ4v) is 3.15. The number of hydrogen-bond acceptors (Lipinski definition) is 4. The highest BCUT2D eigenvalue weighted by Crippen LogP contribution is 2.34. The van der Waals surface area contributed by atoms with Crippen LogP contribution in [0.15, 0.2) is 18.2 Å². The molecule has 5 heteroatoms. The van der Waals surface area contributed by atoms with Gasteiger partial charge in [-0.05, 0) is 25.3 Å². The van der Waals surface area contributed by atoms with E-state index in [-0.39, 0.29) is 12.1 Å². The molecule has 0 N–H and O–H groups in total. The maximum Gasteiger partial charge on any atom is 0.414 e. The van der Waals surface area contributed by atoms with Gasteiger partial charge in [-0.1, -0.05) is 31.0 Å². The highest BCUT2D eigenvalue weighted by Gasteiger charge is 2.34. The zero-order chi connectivity index (χ0) is 13.4. The maximum absolute atomic E-state index is 12.2. The average Bonchev–Trinajstić information content (AvgIpc) is 2.41. The van der Waals surface area contributed by atoms with Crippen LogP contribution in [-0.2, 0) is 11.3 Å². The lowest BCUT2D eigenvalue weighted by Gasteiger charge is -2.39. The summed E-state index contributed by atoms with van der Waals surface area (Å²) in [5.74, 6) is 0. The van der Waals surface area contributed by atoms with Crippen LogP contribution in [0.25, 0.3) is 0 Å². The fraction of sp³-hybridized carbons (Fsp3) is 0.500. The molecule has 0 atom stereocenters. The quantitative estimate of drug-likeness (QED) is 0.802. The van der Waals surface area contributed by atoms with Gasteiger partial charge < -0.3 is 4.74 Å². The van der Waals surface area contributed by atoms with Gasteiger partial charge in [0.15, 0.2) is 0 Å². The predicted molar refractivity (Wildman–Crippen MR) is 77.4 cm³/mol. The number of ether oxygens (including phenoxy) is 1. The number of piperidine rings is 1. The van der Waals surface area contributed by atoms with Crippen molar-refractivity contribution in [2.24, 2.45) is 0 Å². The van der Waals surface area contributed by atoms with E-state index < -0.39 is 0 Å². The minimum absolute atomic E-state index is 0.209. The third-order valence-electron chi connectivity index (χ3n) is 3.92. The molecule has 0 radical (unpaired) electrons. The second-order valence-corrected chi connectivity index (χ2v) is 5.76. The average molecular weight is 278 g/mol. The molecular formula is C14H18N2O2S. The van der Waals surface area contributed by atoms with Crippen LogP contribution in [0.3, 0.4) is 0 Å². The van der Waals surface area contributed by atoms with Crippen molar-refractivity contribution < 1.29 is 9.53 Å². The van der Waals surface area contributed by atoms with Gasteiger partial charge in [-0.15, -0.1) is 0 Å². The van der Waals surface area contributed by atoms with Crippen molar-refractivity contribution in [3.63, 3.8) is 0 Å². The Hall–Kier alpha value is -1.20. The molecule has 0 bridgehead atoms. The summed E-state index contributed by atoms with van der Waals surface area (Å²) in [5.41, 5.74) is 3.30. The summed E-state index contributed by atoms with van der Waals surface area (Å²) < 4.78 is 7.31. The van der Waals surface area contributed by atoms with Crippen LogP contribution in [0.2, 0.25) is 0 Å². The minimum atomic E-state index is -0.209. The second kappa shape index (κ2) is 5.06. The van der Waals surface area contributed by atoms with Gasteiger partial charge in [0.1, 0.15) is 6.61 Å². The van der Waals surface area contributed by atoms with Gasteiger partial charge in [-0.3, -0.25) is 9.21 Å². The van der Waals surface area contributed by atoms with Crippen LogP contribution >= 0.6 is 12.8 Å². The normalized spacial score (nSPS) is 21.2. The van der Waals surface area contributed by atoms with Crippen LogP contribution in [0.5, 0.6) is 0 Å². The van der Waals surface area contributed by atoms with E-state index >= 15 is 0 Å². The zero-order valence-corrected chi connectivity index (χ0v) is 11.9. The monoisotopic (exact) mass is 278 g/mol. The SMILES string of the molecule is Cc1cccc2c1N(C1CCN(S)CC1)C(=O)OC2. The van der Waals surface area contributed by atoms with Crippen molar-refractivity contribution in [3.05, 3.63) is 29.3 Å². The van der Waals surface area contributed by atoms with Crippen LogP contribution < -0.4 is 4.90 Å². The molecule has 0 unspecified atom stereocenters. The number of carbonyl (C=O) groups is 1. The number of para-hydroxylation sites is 1. The van der Waals surface area contributed by atoms with Gasteiger partial charge >= 0.3 is 6.09 Å². The standard InChI is InChI=1S/C14H18N2O2S/c1-10-3-2-4-11-9-18-14(17)16(13(10)11)12-5-7-15(19)8-6-12/h2-4,12,19H,5-9H2,1H3. The summed E-state index contributed by atoms with van der Waals surface area (Å²) >= 11 is 4.36. The van der Waals surface area contributed by atoms with Crippen LogP contribution in [0.4, 0.5) is 10.5 Å². The predicted octanol–water partition coefficient (Wildman–Crippen LogP) is 2.76. The van der Waals surface area contributed by atoms with Gasteiger partial charge in [0.2, 0.25) is 0 Å². The minimum Gasteiger partial charge on any atom is -0.444 e. The van der Waals surface area contributed by atoms with Gasteiger partial charge in [0, 0.05) is 24.7 Å². The van der Waals surface area contributed by atoms with Crippen LogP contribution in [-0.4, -0.2) is 29.5 Å². The number of carbonyl (C=O) groups excluding carboxylic acids is 1. The first-order valence-corrected chi connectivity index (χ1v) is 7.05. The molecule has 1 amide bonds. The summed E-state index contributed by atoms with van der Waals surface area (Å²) in [5, 5.41) is 0. The molecule has 2 aliphatic rings. The third kappa shape index (κ3) is 2.32. The molecular weight excluding hydrogens is 260 g/mol. The van der Waals surface area contributed by atoms with E-state index in [1.807, 2.05) is 21.3 Å². The number of anilines is 1. The summed E-state index contributed by atoms with van der Waals surface area (Å²) in [6, 6.07) is 6.33. The maximum atomic E-state index is 12.2. The number of amides is 1. The largest absolute Gasteiger partial charge is 0.444 e. The topological polar surface area (TPSA) is 32.8 Å². The van der Waals surface area contributed by atoms with Crippen molar-refractivity contribution in [1.82, 2.24) is 4.31 Å². The van der Waals surface area contributed by atoms with Gasteiger partial charge in [-0.25, -0.2) is 4.79 Å². The lowest BCUT2D eigenvalue weighted by Crippen LogP contribution is -2.48. The Morgan fingerprint density at radius 3 is 2.79 bits per heavy atom. The molecule has 3 rings (SSSR count). The Kier molecular flexibility index (Phi) is 3.41. The van der Waals surface area contributed by atoms with Gasteiger partial charge in [-0.2, -0.15) is 0 Å². The van der Waals surface area contributed by atoms with E-state index in [2.05, 4.69) is 25.8 Å². The first-order chi connectivity index (χ1) is 9.16. The number of hydrogen-bond donors (Lipinski definition) is 1. The third-order valence-corrected chi connectivity index (χ3v) is 4.32. The Bertz CT molecular complexity index is 498. The number of fused-ring (bicyclic) bond motifs is 1. The van der Waals surface area contributed by atoms with Crippen molar-refractivity contribution >= 4 is 24.6 Å². The van der Waals surface area contributed by atoms with E-state index in [1.54, 1.807) is 0 Å². The Labute approximate surface area is 118 Å². The first kappa shape index (κ1) is 12.8. The van der Waals surface area contributed by atoms with Gasteiger partial charge in [0.25, 0.3) is 0 Å². The molecule has 1 fully saturated rings. The summed E-state index contributed by atoms with van der Waals surface area (Å²) in [4.78, 5) is 14.0. The Morgan fingerprint density at radius 1 is 1.32 bits per heavy atom.